The molecular weight excluding hydrogens is 210 g/mol. The summed E-state index contributed by atoms with van der Waals surface area (Å²) in [7, 11) is 0. The summed E-state index contributed by atoms with van der Waals surface area (Å²) in [4.78, 5) is 11.6. The molecule has 92 valence electrons. The van der Waals surface area contributed by atoms with Gasteiger partial charge < -0.3 is 5.32 Å². The second kappa shape index (κ2) is 5.85. The number of nitrogens with one attached hydrogen (secondary N) is 1. The zero-order chi connectivity index (χ0) is 12.1. The number of unbranched alkanes of at least 4 members (excludes halogenated alkanes) is 1. The van der Waals surface area contributed by atoms with Crippen LogP contribution >= 0.6 is 0 Å². The van der Waals surface area contributed by atoms with Crippen molar-refractivity contribution in [2.75, 3.05) is 0 Å². The van der Waals surface area contributed by atoms with Crippen molar-refractivity contribution in [2.24, 2.45) is 0 Å². The average Bonchev–Trinajstić information content (AvgIpc) is 3.12. The van der Waals surface area contributed by atoms with E-state index in [-0.39, 0.29) is 5.91 Å². The topological polar surface area (TPSA) is 29.1 Å². The van der Waals surface area contributed by atoms with Gasteiger partial charge in [0.25, 0.3) is 0 Å². The van der Waals surface area contributed by atoms with Crippen molar-refractivity contribution in [3.63, 3.8) is 0 Å². The molecule has 0 aliphatic heterocycles. The van der Waals surface area contributed by atoms with Crippen LogP contribution in [0.5, 0.6) is 0 Å². The first-order valence-corrected chi connectivity index (χ1v) is 6.65. The molecule has 0 spiro atoms. The Bertz CT molecular complexity index is 365. The first-order chi connectivity index (χ1) is 8.28. The van der Waals surface area contributed by atoms with Crippen molar-refractivity contribution in [1.29, 1.82) is 0 Å². The summed E-state index contributed by atoms with van der Waals surface area (Å²) in [5.41, 5.74) is 2.49. The smallest absolute Gasteiger partial charge is 0.224 e. The number of aryl methyl sites for hydroxylation is 1. The van der Waals surface area contributed by atoms with Gasteiger partial charge in [0.15, 0.2) is 0 Å². The van der Waals surface area contributed by atoms with Crippen LogP contribution in [0.2, 0.25) is 0 Å². The van der Waals surface area contributed by atoms with Gasteiger partial charge in [0.2, 0.25) is 5.91 Å². The quantitative estimate of drug-likeness (QED) is 0.801. The Hall–Kier alpha value is -1.31. The summed E-state index contributed by atoms with van der Waals surface area (Å²) < 4.78 is 0. The second-order valence-corrected chi connectivity index (χ2v) is 4.94. The maximum Gasteiger partial charge on any atom is 0.224 e. The van der Waals surface area contributed by atoms with Crippen LogP contribution in [-0.4, -0.2) is 11.9 Å². The first kappa shape index (κ1) is 12.2. The summed E-state index contributed by atoms with van der Waals surface area (Å²) >= 11 is 0. The molecule has 2 rings (SSSR count). The Kier molecular flexibility index (Phi) is 4.18. The molecule has 0 unspecified atom stereocenters. The van der Waals surface area contributed by atoms with Gasteiger partial charge in [0, 0.05) is 6.04 Å². The molecule has 1 N–H and O–H groups in total. The number of amides is 1. The third-order valence-electron chi connectivity index (χ3n) is 3.15. The van der Waals surface area contributed by atoms with E-state index in [0.717, 1.165) is 24.8 Å². The van der Waals surface area contributed by atoms with E-state index in [1.807, 2.05) is 0 Å². The standard InChI is InChI=1S/C15H21NO/c1-2-3-4-12-5-7-13(8-6-12)11-15(17)16-14-9-10-14/h5-8,14H,2-4,9-11H2,1H3,(H,16,17). The minimum atomic E-state index is 0.161. The molecule has 0 atom stereocenters. The highest BCUT2D eigenvalue weighted by Crippen LogP contribution is 2.18. The van der Waals surface area contributed by atoms with Gasteiger partial charge in [-0.25, -0.2) is 0 Å². The number of benzene rings is 1. The van der Waals surface area contributed by atoms with Crippen molar-refractivity contribution in [3.05, 3.63) is 35.4 Å². The molecule has 1 aliphatic rings. The monoisotopic (exact) mass is 231 g/mol. The summed E-state index contributed by atoms with van der Waals surface area (Å²) in [6, 6.07) is 8.92. The van der Waals surface area contributed by atoms with E-state index in [0.29, 0.717) is 12.5 Å². The van der Waals surface area contributed by atoms with Gasteiger partial charge >= 0.3 is 0 Å². The number of hydrogen-bond donors (Lipinski definition) is 1. The van der Waals surface area contributed by atoms with Crippen LogP contribution in [0.3, 0.4) is 0 Å². The van der Waals surface area contributed by atoms with Crippen molar-refractivity contribution < 1.29 is 4.79 Å². The minimum Gasteiger partial charge on any atom is -0.353 e. The Labute approximate surface area is 103 Å². The van der Waals surface area contributed by atoms with Crippen LogP contribution < -0.4 is 5.32 Å². The molecule has 0 aromatic heterocycles. The molecule has 17 heavy (non-hydrogen) atoms. The SMILES string of the molecule is CCCCc1ccc(CC(=O)NC2CC2)cc1. The lowest BCUT2D eigenvalue weighted by molar-refractivity contribution is -0.120. The molecule has 2 nitrogen and oxygen atoms in total. The fourth-order valence-electron chi connectivity index (χ4n) is 1.90. The largest absolute Gasteiger partial charge is 0.353 e. The van der Waals surface area contributed by atoms with Crippen LogP contribution in [0.1, 0.15) is 43.7 Å². The highest BCUT2D eigenvalue weighted by atomic mass is 16.1. The zero-order valence-electron chi connectivity index (χ0n) is 10.5. The van der Waals surface area contributed by atoms with E-state index in [2.05, 4.69) is 36.5 Å². The first-order valence-electron chi connectivity index (χ1n) is 6.65. The van der Waals surface area contributed by atoms with E-state index in [9.17, 15) is 4.79 Å². The lowest BCUT2D eigenvalue weighted by Gasteiger charge is -2.05. The van der Waals surface area contributed by atoms with Crippen LogP contribution in [-0.2, 0) is 17.6 Å². The van der Waals surface area contributed by atoms with E-state index in [4.69, 9.17) is 0 Å². The van der Waals surface area contributed by atoms with Crippen LogP contribution in [0.25, 0.3) is 0 Å². The summed E-state index contributed by atoms with van der Waals surface area (Å²) in [5, 5.41) is 3.01. The van der Waals surface area contributed by atoms with Gasteiger partial charge in [-0.05, 0) is 36.8 Å². The Morgan fingerprint density at radius 3 is 2.47 bits per heavy atom. The lowest BCUT2D eigenvalue weighted by atomic mass is 10.0. The zero-order valence-corrected chi connectivity index (χ0v) is 10.5. The summed E-state index contributed by atoms with van der Waals surface area (Å²) in [6.45, 7) is 2.20. The molecule has 1 aromatic rings. The average molecular weight is 231 g/mol. The number of carbonyl (C=O) groups excluding carboxylic acids is 1. The van der Waals surface area contributed by atoms with Gasteiger partial charge in [-0.3, -0.25) is 4.79 Å². The maximum atomic E-state index is 11.6. The number of hydrogen-bond acceptors (Lipinski definition) is 1. The Balaban J connectivity index is 1.81. The van der Waals surface area contributed by atoms with E-state index >= 15 is 0 Å². The molecule has 0 bridgehead atoms. The molecule has 1 fully saturated rings. The predicted octanol–water partition coefficient (Wildman–Crippen LogP) is 2.85. The fourth-order valence-corrected chi connectivity index (χ4v) is 1.90. The van der Waals surface area contributed by atoms with E-state index < -0.39 is 0 Å². The van der Waals surface area contributed by atoms with Gasteiger partial charge in [0.05, 0.1) is 6.42 Å². The Morgan fingerprint density at radius 1 is 1.24 bits per heavy atom. The van der Waals surface area contributed by atoms with Crippen molar-refractivity contribution >= 4 is 5.91 Å². The van der Waals surface area contributed by atoms with Crippen molar-refractivity contribution in [2.45, 2.75) is 51.5 Å². The van der Waals surface area contributed by atoms with Gasteiger partial charge in [-0.1, -0.05) is 37.6 Å². The van der Waals surface area contributed by atoms with E-state index in [1.54, 1.807) is 0 Å². The third kappa shape index (κ3) is 4.22. The number of rotatable bonds is 6. The summed E-state index contributed by atoms with van der Waals surface area (Å²) in [5.74, 6) is 0.161. The van der Waals surface area contributed by atoms with Crippen LogP contribution in [0.15, 0.2) is 24.3 Å². The molecule has 1 aliphatic carbocycles. The summed E-state index contributed by atoms with van der Waals surface area (Å²) in [6.07, 6.45) is 6.44. The molecule has 1 aromatic carbocycles. The molecule has 0 radical (unpaired) electrons. The van der Waals surface area contributed by atoms with Gasteiger partial charge in [0.1, 0.15) is 0 Å². The molecule has 0 heterocycles. The van der Waals surface area contributed by atoms with Crippen LogP contribution in [0, 0.1) is 0 Å². The van der Waals surface area contributed by atoms with Crippen molar-refractivity contribution in [3.8, 4) is 0 Å². The molecule has 2 heteroatoms. The predicted molar refractivity (Wildman–Crippen MR) is 69.9 cm³/mol. The molecule has 1 amide bonds. The molecule has 0 saturated heterocycles. The highest BCUT2D eigenvalue weighted by molar-refractivity contribution is 5.79. The minimum absolute atomic E-state index is 0.161. The third-order valence-corrected chi connectivity index (χ3v) is 3.15. The van der Waals surface area contributed by atoms with Crippen LogP contribution in [0.4, 0.5) is 0 Å². The van der Waals surface area contributed by atoms with Gasteiger partial charge in [-0.2, -0.15) is 0 Å². The Morgan fingerprint density at radius 2 is 1.88 bits per heavy atom. The number of carbonyl (C=O) groups is 1. The van der Waals surface area contributed by atoms with Gasteiger partial charge in [-0.15, -0.1) is 0 Å². The fraction of sp³-hybridized carbons (Fsp3) is 0.533. The maximum absolute atomic E-state index is 11.6. The second-order valence-electron chi connectivity index (χ2n) is 4.94. The lowest BCUT2D eigenvalue weighted by Crippen LogP contribution is -2.26. The molecule has 1 saturated carbocycles. The highest BCUT2D eigenvalue weighted by Gasteiger charge is 2.22. The molecular formula is C15H21NO. The van der Waals surface area contributed by atoms with Crippen molar-refractivity contribution in [1.82, 2.24) is 5.32 Å². The van der Waals surface area contributed by atoms with E-state index in [1.165, 1.54) is 18.4 Å². The normalized spacial score (nSPS) is 14.6.